The van der Waals surface area contributed by atoms with Gasteiger partial charge >= 0.3 is 0 Å². The molecule has 23 heavy (non-hydrogen) atoms. The number of carbonyl (C=O) groups is 2. The van der Waals surface area contributed by atoms with Gasteiger partial charge in [0.2, 0.25) is 11.8 Å². The molecule has 0 saturated carbocycles. The number of benzene rings is 2. The van der Waals surface area contributed by atoms with Crippen molar-refractivity contribution >= 4 is 29.1 Å². The number of carbonyl (C=O) groups excluding carboxylic acids is 2. The number of halogens is 1. The molecule has 0 N–H and O–H groups in total. The van der Waals surface area contributed by atoms with Crippen LogP contribution in [0.4, 0.5) is 5.69 Å². The van der Waals surface area contributed by atoms with Crippen molar-refractivity contribution in [3.05, 3.63) is 64.2 Å². The lowest BCUT2D eigenvalue weighted by atomic mass is 9.88. The first-order valence-corrected chi connectivity index (χ1v) is 8.02. The monoisotopic (exact) mass is 327 g/mol. The van der Waals surface area contributed by atoms with Crippen LogP contribution in [0.25, 0.3) is 0 Å². The number of aryl methyl sites for hydroxylation is 2. The summed E-state index contributed by atoms with van der Waals surface area (Å²) in [6.07, 6.45) is 0.667. The van der Waals surface area contributed by atoms with E-state index in [0.717, 1.165) is 16.7 Å². The number of anilines is 1. The number of hydrogen-bond acceptors (Lipinski definition) is 2. The van der Waals surface area contributed by atoms with Crippen LogP contribution in [0, 0.1) is 13.8 Å². The van der Waals surface area contributed by atoms with Crippen molar-refractivity contribution in [2.45, 2.75) is 32.6 Å². The third-order valence-corrected chi connectivity index (χ3v) is 4.68. The van der Waals surface area contributed by atoms with Crippen LogP contribution < -0.4 is 4.90 Å². The summed E-state index contributed by atoms with van der Waals surface area (Å²) >= 11 is 5.90. The normalized spacial score (nSPS) is 16.0. The standard InChI is InChI=1S/C19H18ClNO2/c1-12-3-8-17(9-13(12)2)21-18(22)10-15(11-19(21)23)14-4-6-16(20)7-5-14/h3-9,15H,10-11H2,1-2H3. The molecular weight excluding hydrogens is 310 g/mol. The van der Waals surface area contributed by atoms with Crippen molar-refractivity contribution in [3.63, 3.8) is 0 Å². The summed E-state index contributed by atoms with van der Waals surface area (Å²) in [7, 11) is 0. The first kappa shape index (κ1) is 15.8. The van der Waals surface area contributed by atoms with E-state index in [2.05, 4.69) is 0 Å². The third kappa shape index (κ3) is 3.15. The van der Waals surface area contributed by atoms with Crippen molar-refractivity contribution in [1.82, 2.24) is 0 Å². The van der Waals surface area contributed by atoms with Crippen molar-refractivity contribution in [3.8, 4) is 0 Å². The summed E-state index contributed by atoms with van der Waals surface area (Å²) in [5.74, 6) is -0.371. The molecule has 0 aliphatic carbocycles. The van der Waals surface area contributed by atoms with E-state index in [-0.39, 0.29) is 17.7 Å². The van der Waals surface area contributed by atoms with Crippen molar-refractivity contribution < 1.29 is 9.59 Å². The SMILES string of the molecule is Cc1ccc(N2C(=O)CC(c3ccc(Cl)cc3)CC2=O)cc1C. The van der Waals surface area contributed by atoms with Gasteiger partial charge in [-0.3, -0.25) is 14.5 Å². The maximum Gasteiger partial charge on any atom is 0.234 e. The molecule has 2 aromatic carbocycles. The van der Waals surface area contributed by atoms with Gasteiger partial charge < -0.3 is 0 Å². The Kier molecular flexibility index (Phi) is 4.22. The molecule has 1 saturated heterocycles. The summed E-state index contributed by atoms with van der Waals surface area (Å²) in [5.41, 5.74) is 3.86. The van der Waals surface area contributed by atoms with E-state index in [9.17, 15) is 9.59 Å². The van der Waals surface area contributed by atoms with Gasteiger partial charge in [0.25, 0.3) is 0 Å². The highest BCUT2D eigenvalue weighted by Crippen LogP contribution is 2.33. The second-order valence-corrected chi connectivity index (χ2v) is 6.48. The molecule has 1 aliphatic heterocycles. The van der Waals surface area contributed by atoms with Crippen LogP contribution in [0.1, 0.15) is 35.4 Å². The zero-order chi connectivity index (χ0) is 16.6. The number of rotatable bonds is 2. The minimum absolute atomic E-state index is 0.0740. The molecule has 0 unspecified atom stereocenters. The van der Waals surface area contributed by atoms with Crippen LogP contribution in [0.2, 0.25) is 5.02 Å². The fraction of sp³-hybridized carbons (Fsp3) is 0.263. The molecule has 2 aromatic rings. The quantitative estimate of drug-likeness (QED) is 0.767. The average molecular weight is 328 g/mol. The van der Waals surface area contributed by atoms with Gasteiger partial charge in [-0.25, -0.2) is 0 Å². The lowest BCUT2D eigenvalue weighted by Gasteiger charge is -2.30. The van der Waals surface area contributed by atoms with Crippen LogP contribution >= 0.6 is 11.6 Å². The van der Waals surface area contributed by atoms with E-state index in [0.29, 0.717) is 23.6 Å². The topological polar surface area (TPSA) is 37.4 Å². The highest BCUT2D eigenvalue weighted by atomic mass is 35.5. The highest BCUT2D eigenvalue weighted by molar-refractivity contribution is 6.30. The summed E-state index contributed by atoms with van der Waals surface area (Å²) in [4.78, 5) is 26.4. The summed E-state index contributed by atoms with van der Waals surface area (Å²) in [6, 6.07) is 13.0. The minimum atomic E-state index is -0.149. The van der Waals surface area contributed by atoms with Crippen LogP contribution in [0.15, 0.2) is 42.5 Å². The Morgan fingerprint density at radius 1 is 0.913 bits per heavy atom. The average Bonchev–Trinajstić information content (AvgIpc) is 2.51. The third-order valence-electron chi connectivity index (χ3n) is 4.43. The van der Waals surface area contributed by atoms with E-state index in [4.69, 9.17) is 11.6 Å². The first-order valence-electron chi connectivity index (χ1n) is 7.64. The van der Waals surface area contributed by atoms with Crippen LogP contribution in [-0.2, 0) is 9.59 Å². The van der Waals surface area contributed by atoms with Crippen LogP contribution in [0.3, 0.4) is 0 Å². The molecule has 118 valence electrons. The Morgan fingerprint density at radius 3 is 2.09 bits per heavy atom. The molecule has 1 heterocycles. The Labute approximate surface area is 140 Å². The van der Waals surface area contributed by atoms with Crippen LogP contribution in [-0.4, -0.2) is 11.8 Å². The van der Waals surface area contributed by atoms with E-state index in [1.165, 1.54) is 4.90 Å². The first-order chi connectivity index (χ1) is 11.0. The Hall–Kier alpha value is -2.13. The largest absolute Gasteiger partial charge is 0.274 e. The number of imide groups is 1. The van der Waals surface area contributed by atoms with Crippen molar-refractivity contribution in [1.29, 1.82) is 0 Å². The van der Waals surface area contributed by atoms with Gasteiger partial charge in [-0.2, -0.15) is 0 Å². The fourth-order valence-corrected chi connectivity index (χ4v) is 3.06. The Bertz CT molecular complexity index is 749. The predicted octanol–water partition coefficient (Wildman–Crippen LogP) is 4.39. The highest BCUT2D eigenvalue weighted by Gasteiger charge is 2.34. The predicted molar refractivity (Wildman–Crippen MR) is 91.8 cm³/mol. The molecule has 0 spiro atoms. The lowest BCUT2D eigenvalue weighted by Crippen LogP contribution is -2.42. The number of hydrogen-bond donors (Lipinski definition) is 0. The maximum absolute atomic E-state index is 12.5. The molecule has 3 nitrogen and oxygen atoms in total. The van der Waals surface area contributed by atoms with Crippen molar-refractivity contribution in [2.75, 3.05) is 4.90 Å². The van der Waals surface area contributed by atoms with E-state index in [1.54, 1.807) is 12.1 Å². The van der Waals surface area contributed by atoms with E-state index in [1.807, 2.05) is 44.2 Å². The summed E-state index contributed by atoms with van der Waals surface area (Å²) < 4.78 is 0. The molecule has 2 amide bonds. The van der Waals surface area contributed by atoms with Gasteiger partial charge in [0.1, 0.15) is 0 Å². The molecule has 1 fully saturated rings. The molecule has 0 aromatic heterocycles. The number of nitrogens with zero attached hydrogens (tertiary/aromatic N) is 1. The molecule has 1 aliphatic rings. The van der Waals surface area contributed by atoms with Crippen LogP contribution in [0.5, 0.6) is 0 Å². The van der Waals surface area contributed by atoms with Gasteiger partial charge in [0, 0.05) is 23.8 Å². The molecule has 0 radical (unpaired) electrons. The van der Waals surface area contributed by atoms with Gasteiger partial charge in [-0.15, -0.1) is 0 Å². The summed E-state index contributed by atoms with van der Waals surface area (Å²) in [6.45, 7) is 3.99. The van der Waals surface area contributed by atoms with E-state index >= 15 is 0 Å². The lowest BCUT2D eigenvalue weighted by molar-refractivity contribution is -0.129. The zero-order valence-corrected chi connectivity index (χ0v) is 13.9. The smallest absolute Gasteiger partial charge is 0.234 e. The Morgan fingerprint density at radius 2 is 1.52 bits per heavy atom. The second kappa shape index (κ2) is 6.17. The second-order valence-electron chi connectivity index (χ2n) is 6.05. The Balaban J connectivity index is 1.85. The van der Waals surface area contributed by atoms with E-state index < -0.39 is 0 Å². The van der Waals surface area contributed by atoms with Crippen molar-refractivity contribution in [2.24, 2.45) is 0 Å². The molecule has 0 bridgehead atoms. The number of piperidine rings is 1. The zero-order valence-electron chi connectivity index (χ0n) is 13.2. The maximum atomic E-state index is 12.5. The summed E-state index contributed by atoms with van der Waals surface area (Å²) in [5, 5.41) is 0.652. The van der Waals surface area contributed by atoms with Gasteiger partial charge in [0.05, 0.1) is 5.69 Å². The van der Waals surface area contributed by atoms with Gasteiger partial charge in [-0.1, -0.05) is 29.8 Å². The fourth-order valence-electron chi connectivity index (χ4n) is 2.94. The molecule has 4 heteroatoms. The molecule has 0 atom stereocenters. The molecular formula is C19H18ClNO2. The van der Waals surface area contributed by atoms with Gasteiger partial charge in [0.15, 0.2) is 0 Å². The molecule has 3 rings (SSSR count). The number of amides is 2. The van der Waals surface area contributed by atoms with Gasteiger partial charge in [-0.05, 0) is 54.8 Å². The minimum Gasteiger partial charge on any atom is -0.274 e.